The Hall–Kier alpha value is -2.94. The van der Waals surface area contributed by atoms with Gasteiger partial charge >= 0.3 is 5.97 Å². The molecule has 2 heterocycles. The van der Waals surface area contributed by atoms with E-state index in [4.69, 9.17) is 9.72 Å². The number of nitrogens with zero attached hydrogens (tertiary/aromatic N) is 2. The number of pyridine rings is 1. The van der Waals surface area contributed by atoms with Crippen LogP contribution >= 0.6 is 11.3 Å². The molecule has 3 aromatic rings. The van der Waals surface area contributed by atoms with Crippen LogP contribution in [0.3, 0.4) is 0 Å². The number of halogens is 2. The number of amides is 1. The minimum absolute atomic E-state index is 0.147. The summed E-state index contributed by atoms with van der Waals surface area (Å²) in [7, 11) is 1.25. The second-order valence-corrected chi connectivity index (χ2v) is 8.51. The number of fused-ring (bicyclic) bond motifs is 1. The number of methoxy groups -OCH3 is 1. The van der Waals surface area contributed by atoms with Crippen LogP contribution in [0.2, 0.25) is 0 Å². The summed E-state index contributed by atoms with van der Waals surface area (Å²) in [5.74, 6) is -0.908. The minimum Gasteiger partial charge on any atom is -0.465 e. The number of aromatic nitrogens is 2. The number of anilines is 1. The van der Waals surface area contributed by atoms with Crippen LogP contribution in [-0.4, -0.2) is 29.0 Å². The molecular formula is C22H21F2N3O3S. The molecule has 1 aromatic carbocycles. The third-order valence-corrected chi connectivity index (χ3v) is 6.56. The van der Waals surface area contributed by atoms with Gasteiger partial charge in [-0.05, 0) is 37.1 Å². The molecule has 9 heteroatoms. The second-order valence-electron chi connectivity index (χ2n) is 7.45. The third-order valence-electron chi connectivity index (χ3n) is 5.38. The number of benzene rings is 1. The summed E-state index contributed by atoms with van der Waals surface area (Å²) in [6.07, 6.45) is 3.01. The molecule has 1 amide bonds. The first-order chi connectivity index (χ1) is 15.0. The Bertz CT molecular complexity index is 1130. The smallest absolute Gasteiger partial charge is 0.340 e. The Morgan fingerprint density at radius 3 is 2.65 bits per heavy atom. The van der Waals surface area contributed by atoms with Gasteiger partial charge in [0.2, 0.25) is 0 Å². The van der Waals surface area contributed by atoms with Crippen LogP contribution in [0.15, 0.2) is 30.3 Å². The zero-order chi connectivity index (χ0) is 22.0. The standard InChI is InChI=1S/C22H21F2N3O3S/c1-30-22(29)13-10-17-18(31-21(27-17)12-6-3-2-4-7-12)11-16(13)26-20(28)15-9-5-8-14(25-15)19(23)24/h5,8-12,19H,2-4,6-7H2,1H3,(H,26,28). The Kier molecular flexibility index (Phi) is 6.22. The van der Waals surface area contributed by atoms with Crippen molar-refractivity contribution in [2.75, 3.05) is 12.4 Å². The summed E-state index contributed by atoms with van der Waals surface area (Å²) in [5, 5.41) is 3.65. The average molecular weight is 445 g/mol. The number of esters is 1. The molecule has 1 aliphatic rings. The highest BCUT2D eigenvalue weighted by atomic mass is 32.1. The SMILES string of the molecule is COC(=O)c1cc2nc(C3CCCCC3)sc2cc1NC(=O)c1cccc(C(F)F)n1. The topological polar surface area (TPSA) is 81.2 Å². The maximum atomic E-state index is 12.9. The van der Waals surface area contributed by atoms with E-state index in [1.165, 1.54) is 38.5 Å². The molecule has 1 aliphatic carbocycles. The highest BCUT2D eigenvalue weighted by molar-refractivity contribution is 7.18. The van der Waals surface area contributed by atoms with Crippen molar-refractivity contribution in [3.63, 3.8) is 0 Å². The van der Waals surface area contributed by atoms with E-state index in [0.29, 0.717) is 11.4 Å². The number of hydrogen-bond acceptors (Lipinski definition) is 6. The Labute approximate surface area is 181 Å². The Balaban J connectivity index is 1.68. The van der Waals surface area contributed by atoms with Gasteiger partial charge in [-0.2, -0.15) is 0 Å². The van der Waals surface area contributed by atoms with Crippen molar-refractivity contribution in [3.8, 4) is 0 Å². The lowest BCUT2D eigenvalue weighted by Crippen LogP contribution is -2.17. The van der Waals surface area contributed by atoms with Crippen LogP contribution in [0.1, 0.15) is 76.0 Å². The zero-order valence-electron chi connectivity index (χ0n) is 16.9. The number of ether oxygens (including phenoxy) is 1. The molecule has 6 nitrogen and oxygen atoms in total. The van der Waals surface area contributed by atoms with Gasteiger partial charge in [0, 0.05) is 5.92 Å². The fraction of sp³-hybridized carbons (Fsp3) is 0.364. The monoisotopic (exact) mass is 445 g/mol. The predicted molar refractivity (Wildman–Crippen MR) is 114 cm³/mol. The fourth-order valence-corrected chi connectivity index (χ4v) is 4.94. The van der Waals surface area contributed by atoms with Gasteiger partial charge in [0.25, 0.3) is 12.3 Å². The van der Waals surface area contributed by atoms with Gasteiger partial charge in [-0.25, -0.2) is 23.5 Å². The molecule has 1 saturated carbocycles. The van der Waals surface area contributed by atoms with Crippen molar-refractivity contribution in [1.82, 2.24) is 9.97 Å². The first-order valence-corrected chi connectivity index (χ1v) is 10.9. The normalized spacial score (nSPS) is 14.7. The van der Waals surface area contributed by atoms with Gasteiger partial charge in [-0.1, -0.05) is 25.3 Å². The highest BCUT2D eigenvalue weighted by Crippen LogP contribution is 2.38. The summed E-state index contributed by atoms with van der Waals surface area (Å²) in [5.41, 5.74) is 0.389. The quantitative estimate of drug-likeness (QED) is 0.508. The van der Waals surface area contributed by atoms with Gasteiger partial charge in [-0.3, -0.25) is 4.79 Å². The molecule has 0 aliphatic heterocycles. The lowest BCUT2D eigenvalue weighted by molar-refractivity contribution is 0.0602. The van der Waals surface area contributed by atoms with Gasteiger partial charge in [0.15, 0.2) is 0 Å². The molecular weight excluding hydrogens is 424 g/mol. The lowest BCUT2D eigenvalue weighted by atomic mass is 9.90. The number of nitrogens with one attached hydrogen (secondary N) is 1. The first-order valence-electron chi connectivity index (χ1n) is 10.1. The Morgan fingerprint density at radius 1 is 1.16 bits per heavy atom. The molecule has 0 atom stereocenters. The third kappa shape index (κ3) is 4.56. The van der Waals surface area contributed by atoms with Crippen LogP contribution in [0.5, 0.6) is 0 Å². The van der Waals surface area contributed by atoms with Gasteiger partial charge < -0.3 is 10.1 Å². The molecule has 31 heavy (non-hydrogen) atoms. The molecule has 4 rings (SSSR count). The Morgan fingerprint density at radius 2 is 1.94 bits per heavy atom. The molecule has 0 radical (unpaired) electrons. The second kappa shape index (κ2) is 9.05. The van der Waals surface area contributed by atoms with E-state index in [1.54, 1.807) is 23.5 Å². The van der Waals surface area contributed by atoms with Crippen LogP contribution in [0, 0.1) is 0 Å². The molecule has 0 spiro atoms. The van der Waals surface area contributed by atoms with Gasteiger partial charge in [0.05, 0.1) is 33.6 Å². The number of hydrogen-bond donors (Lipinski definition) is 1. The fourth-order valence-electron chi connectivity index (χ4n) is 3.78. The summed E-state index contributed by atoms with van der Waals surface area (Å²) in [6.45, 7) is 0. The number of carbonyl (C=O) groups excluding carboxylic acids is 2. The minimum atomic E-state index is -2.79. The van der Waals surface area contributed by atoms with Crippen molar-refractivity contribution in [2.24, 2.45) is 0 Å². The number of thiazole rings is 1. The largest absolute Gasteiger partial charge is 0.465 e. The predicted octanol–water partition coefficient (Wildman–Crippen LogP) is 5.72. The van der Waals surface area contributed by atoms with Crippen LogP contribution in [-0.2, 0) is 4.74 Å². The maximum absolute atomic E-state index is 12.9. The zero-order valence-corrected chi connectivity index (χ0v) is 17.7. The first kappa shape index (κ1) is 21.3. The van der Waals surface area contributed by atoms with Crippen LogP contribution < -0.4 is 5.32 Å². The number of carbonyl (C=O) groups is 2. The summed E-state index contributed by atoms with van der Waals surface area (Å²) in [6, 6.07) is 7.11. The van der Waals surface area contributed by atoms with Crippen molar-refractivity contribution >= 4 is 39.1 Å². The van der Waals surface area contributed by atoms with E-state index >= 15 is 0 Å². The highest BCUT2D eigenvalue weighted by Gasteiger charge is 2.23. The van der Waals surface area contributed by atoms with Crippen molar-refractivity contribution in [2.45, 2.75) is 44.4 Å². The molecule has 1 N–H and O–H groups in total. The van der Waals surface area contributed by atoms with Gasteiger partial charge in [0.1, 0.15) is 11.4 Å². The summed E-state index contributed by atoms with van der Waals surface area (Å²) >= 11 is 1.55. The van der Waals surface area contributed by atoms with E-state index < -0.39 is 24.0 Å². The van der Waals surface area contributed by atoms with Crippen molar-refractivity contribution < 1.29 is 23.1 Å². The van der Waals surface area contributed by atoms with Crippen molar-refractivity contribution in [3.05, 3.63) is 52.3 Å². The van der Waals surface area contributed by atoms with E-state index in [0.717, 1.165) is 28.6 Å². The van der Waals surface area contributed by atoms with E-state index in [1.807, 2.05) is 0 Å². The molecule has 0 saturated heterocycles. The van der Waals surface area contributed by atoms with Crippen LogP contribution in [0.4, 0.5) is 14.5 Å². The molecule has 162 valence electrons. The lowest BCUT2D eigenvalue weighted by Gasteiger charge is -2.18. The van der Waals surface area contributed by atoms with E-state index in [-0.39, 0.29) is 16.9 Å². The van der Waals surface area contributed by atoms with Crippen LogP contribution in [0.25, 0.3) is 10.2 Å². The average Bonchev–Trinajstić information content (AvgIpc) is 3.21. The molecule has 1 fully saturated rings. The van der Waals surface area contributed by atoms with Crippen molar-refractivity contribution in [1.29, 1.82) is 0 Å². The molecule has 2 aromatic heterocycles. The summed E-state index contributed by atoms with van der Waals surface area (Å²) in [4.78, 5) is 33.4. The molecule has 0 unspecified atom stereocenters. The number of rotatable bonds is 5. The van der Waals surface area contributed by atoms with E-state index in [9.17, 15) is 18.4 Å². The van der Waals surface area contributed by atoms with E-state index in [2.05, 4.69) is 10.3 Å². The summed E-state index contributed by atoms with van der Waals surface area (Å²) < 4.78 is 31.5. The maximum Gasteiger partial charge on any atom is 0.340 e. The molecule has 0 bridgehead atoms. The number of alkyl halides is 2. The van der Waals surface area contributed by atoms with Gasteiger partial charge in [-0.15, -0.1) is 11.3 Å².